The second-order valence-corrected chi connectivity index (χ2v) is 5.70. The predicted molar refractivity (Wildman–Crippen MR) is 82.7 cm³/mol. The van der Waals surface area contributed by atoms with Gasteiger partial charge in [0.05, 0.1) is 17.1 Å². The molecule has 0 aromatic heterocycles. The lowest BCUT2D eigenvalue weighted by molar-refractivity contribution is 0.102. The van der Waals surface area contributed by atoms with Gasteiger partial charge in [-0.3, -0.25) is 4.79 Å². The summed E-state index contributed by atoms with van der Waals surface area (Å²) >= 11 is 6.47. The predicted octanol–water partition coefficient (Wildman–Crippen LogP) is 4.61. The Kier molecular flexibility index (Phi) is 4.77. The van der Waals surface area contributed by atoms with E-state index in [0.29, 0.717) is 20.4 Å². The summed E-state index contributed by atoms with van der Waals surface area (Å²) in [6.07, 6.45) is 0. The van der Waals surface area contributed by atoms with Gasteiger partial charge >= 0.3 is 0 Å². The maximum absolute atomic E-state index is 13.7. The lowest BCUT2D eigenvalue weighted by Crippen LogP contribution is -2.13. The maximum Gasteiger partial charge on any atom is 0.258 e. The third-order valence-electron chi connectivity index (χ3n) is 2.59. The van der Waals surface area contributed by atoms with Crippen LogP contribution in [0.2, 0.25) is 0 Å². The van der Waals surface area contributed by atoms with E-state index in [2.05, 4.69) is 37.2 Å². The van der Waals surface area contributed by atoms with Crippen LogP contribution in [0.25, 0.3) is 0 Å². The summed E-state index contributed by atoms with van der Waals surface area (Å²) in [7, 11) is 1.55. The van der Waals surface area contributed by atoms with Gasteiger partial charge in [0.1, 0.15) is 11.6 Å². The molecule has 0 spiro atoms. The third-order valence-corrected chi connectivity index (χ3v) is 3.70. The minimum Gasteiger partial charge on any atom is -0.496 e. The van der Waals surface area contributed by atoms with E-state index in [0.717, 1.165) is 0 Å². The minimum absolute atomic E-state index is 0.0138. The van der Waals surface area contributed by atoms with Crippen LogP contribution in [-0.2, 0) is 0 Å². The van der Waals surface area contributed by atoms with Crippen LogP contribution in [0, 0.1) is 5.82 Å². The molecule has 0 radical (unpaired) electrons. The number of ether oxygens (including phenoxy) is 1. The lowest BCUT2D eigenvalue weighted by Gasteiger charge is -2.09. The van der Waals surface area contributed by atoms with Gasteiger partial charge < -0.3 is 10.1 Å². The van der Waals surface area contributed by atoms with Gasteiger partial charge in [-0.25, -0.2) is 4.39 Å². The van der Waals surface area contributed by atoms with Crippen molar-refractivity contribution in [3.8, 4) is 5.75 Å². The summed E-state index contributed by atoms with van der Waals surface area (Å²) in [6.45, 7) is 0. The molecule has 0 fully saturated rings. The highest BCUT2D eigenvalue weighted by atomic mass is 79.9. The summed E-state index contributed by atoms with van der Waals surface area (Å²) in [6, 6.07) is 9.36. The molecule has 1 amide bonds. The number of anilines is 1. The van der Waals surface area contributed by atoms with Crippen molar-refractivity contribution in [3.05, 3.63) is 56.7 Å². The van der Waals surface area contributed by atoms with Gasteiger partial charge in [-0.05, 0) is 52.3 Å². The first kappa shape index (κ1) is 15.0. The van der Waals surface area contributed by atoms with Gasteiger partial charge in [0.25, 0.3) is 5.91 Å². The van der Waals surface area contributed by atoms with Crippen LogP contribution in [0.1, 0.15) is 10.4 Å². The van der Waals surface area contributed by atoms with Crippen molar-refractivity contribution in [2.45, 2.75) is 0 Å². The number of hydrogen-bond donors (Lipinski definition) is 1. The van der Waals surface area contributed by atoms with Crippen LogP contribution < -0.4 is 10.1 Å². The Labute approximate surface area is 132 Å². The second-order valence-electron chi connectivity index (χ2n) is 3.93. The van der Waals surface area contributed by atoms with E-state index in [1.54, 1.807) is 31.4 Å². The van der Waals surface area contributed by atoms with E-state index in [-0.39, 0.29) is 5.56 Å². The average Bonchev–Trinajstić information content (AvgIpc) is 2.38. The Morgan fingerprint density at radius 3 is 2.55 bits per heavy atom. The topological polar surface area (TPSA) is 38.3 Å². The van der Waals surface area contributed by atoms with Crippen molar-refractivity contribution >= 4 is 43.5 Å². The largest absolute Gasteiger partial charge is 0.496 e. The van der Waals surface area contributed by atoms with Crippen LogP contribution in [0.4, 0.5) is 10.1 Å². The zero-order valence-corrected chi connectivity index (χ0v) is 13.6. The van der Waals surface area contributed by atoms with Crippen molar-refractivity contribution in [2.24, 2.45) is 0 Å². The molecule has 0 saturated carbocycles. The van der Waals surface area contributed by atoms with Gasteiger partial charge in [-0.1, -0.05) is 15.9 Å². The summed E-state index contributed by atoms with van der Waals surface area (Å²) in [5.41, 5.74) is 0.533. The molecule has 20 heavy (non-hydrogen) atoms. The highest BCUT2D eigenvalue weighted by Crippen LogP contribution is 2.28. The van der Waals surface area contributed by atoms with Gasteiger partial charge in [0.15, 0.2) is 0 Å². The van der Waals surface area contributed by atoms with Crippen LogP contribution in [0.5, 0.6) is 5.75 Å². The molecule has 0 unspecified atom stereocenters. The quantitative estimate of drug-likeness (QED) is 0.813. The molecule has 0 aliphatic heterocycles. The lowest BCUT2D eigenvalue weighted by atomic mass is 10.2. The van der Waals surface area contributed by atoms with Gasteiger partial charge in [-0.2, -0.15) is 0 Å². The zero-order chi connectivity index (χ0) is 14.7. The smallest absolute Gasteiger partial charge is 0.258 e. The second kappa shape index (κ2) is 6.37. The summed E-state index contributed by atoms with van der Waals surface area (Å²) in [5, 5.41) is 2.63. The van der Waals surface area contributed by atoms with E-state index in [1.165, 1.54) is 12.1 Å². The molecule has 3 nitrogen and oxygen atoms in total. The number of nitrogens with one attached hydrogen (secondary N) is 1. The molecule has 1 N–H and O–H groups in total. The first-order valence-electron chi connectivity index (χ1n) is 5.61. The molecule has 0 aliphatic carbocycles. The molecular weight excluding hydrogens is 393 g/mol. The van der Waals surface area contributed by atoms with Crippen molar-refractivity contribution in [3.63, 3.8) is 0 Å². The number of carbonyl (C=O) groups excluding carboxylic acids is 1. The van der Waals surface area contributed by atoms with E-state index < -0.39 is 11.7 Å². The Balaban J connectivity index is 2.21. The Morgan fingerprint density at radius 2 is 1.95 bits per heavy atom. The fourth-order valence-electron chi connectivity index (χ4n) is 1.62. The van der Waals surface area contributed by atoms with Gasteiger partial charge in [0.2, 0.25) is 0 Å². The molecule has 2 aromatic carbocycles. The Hall–Kier alpha value is -1.40. The SMILES string of the molecule is COc1ccc(NC(=O)c2ccc(Br)cc2F)cc1Br. The minimum atomic E-state index is -0.579. The van der Waals surface area contributed by atoms with E-state index in [4.69, 9.17) is 4.74 Å². The average molecular weight is 403 g/mol. The highest BCUT2D eigenvalue weighted by molar-refractivity contribution is 9.10. The molecule has 6 heteroatoms. The Bertz CT molecular complexity index is 662. The number of rotatable bonds is 3. The number of hydrogen-bond acceptors (Lipinski definition) is 2. The molecule has 0 atom stereocenters. The highest BCUT2D eigenvalue weighted by Gasteiger charge is 2.12. The molecule has 0 bridgehead atoms. The van der Waals surface area contributed by atoms with Crippen LogP contribution in [0.3, 0.4) is 0 Å². The zero-order valence-electron chi connectivity index (χ0n) is 10.4. The van der Waals surface area contributed by atoms with E-state index >= 15 is 0 Å². The number of amides is 1. The van der Waals surface area contributed by atoms with E-state index in [9.17, 15) is 9.18 Å². The van der Waals surface area contributed by atoms with Crippen molar-refractivity contribution < 1.29 is 13.9 Å². The number of benzene rings is 2. The van der Waals surface area contributed by atoms with Crippen molar-refractivity contribution in [1.29, 1.82) is 0 Å². The third kappa shape index (κ3) is 3.37. The van der Waals surface area contributed by atoms with Crippen molar-refractivity contribution in [2.75, 3.05) is 12.4 Å². The van der Waals surface area contributed by atoms with Crippen LogP contribution in [-0.4, -0.2) is 13.0 Å². The first-order chi connectivity index (χ1) is 9.51. The first-order valence-corrected chi connectivity index (χ1v) is 7.20. The Morgan fingerprint density at radius 1 is 1.20 bits per heavy atom. The normalized spacial score (nSPS) is 10.2. The maximum atomic E-state index is 13.7. The molecule has 104 valence electrons. The molecule has 2 rings (SSSR count). The van der Waals surface area contributed by atoms with Crippen LogP contribution in [0.15, 0.2) is 45.3 Å². The molecule has 0 aliphatic rings. The number of halogens is 3. The van der Waals surface area contributed by atoms with E-state index in [1.807, 2.05) is 0 Å². The molecule has 2 aromatic rings. The van der Waals surface area contributed by atoms with Gasteiger partial charge in [-0.15, -0.1) is 0 Å². The standard InChI is InChI=1S/C14H10Br2FNO2/c1-20-13-5-3-9(7-11(13)16)18-14(19)10-4-2-8(15)6-12(10)17/h2-7H,1H3,(H,18,19). The van der Waals surface area contributed by atoms with Crippen molar-refractivity contribution in [1.82, 2.24) is 0 Å². The number of methoxy groups -OCH3 is 1. The summed E-state index contributed by atoms with van der Waals surface area (Å²) in [4.78, 5) is 12.0. The molecule has 0 heterocycles. The monoisotopic (exact) mass is 401 g/mol. The number of carbonyl (C=O) groups is 1. The molecule has 0 saturated heterocycles. The molecular formula is C14H10Br2FNO2. The van der Waals surface area contributed by atoms with Crippen LogP contribution >= 0.6 is 31.9 Å². The summed E-state index contributed by atoms with van der Waals surface area (Å²) in [5.74, 6) is -0.436. The van der Waals surface area contributed by atoms with Gasteiger partial charge in [0, 0.05) is 10.2 Å². The fraction of sp³-hybridized carbons (Fsp3) is 0.0714. The summed E-state index contributed by atoms with van der Waals surface area (Å²) < 4.78 is 20.1. The fourth-order valence-corrected chi connectivity index (χ4v) is 2.49.